The van der Waals surface area contributed by atoms with Gasteiger partial charge in [0.05, 0.1) is 12.1 Å². The number of piperazine rings is 1. The maximum Gasteiger partial charge on any atom is 0.0760 e. The Hall–Kier alpha value is -2.11. The summed E-state index contributed by atoms with van der Waals surface area (Å²) in [5, 5.41) is 10.5. The molecule has 0 aromatic heterocycles. The average molecular weight is 419 g/mol. The zero-order valence-electron chi connectivity index (χ0n) is 17.3. The number of nitrogens with zero attached hydrogens (tertiary/aromatic N) is 2. The summed E-state index contributed by atoms with van der Waals surface area (Å²) in [7, 11) is 0. The fourth-order valence-corrected chi connectivity index (χ4v) is 4.99. The van der Waals surface area contributed by atoms with Gasteiger partial charge in [0.25, 0.3) is 0 Å². The van der Waals surface area contributed by atoms with Crippen LogP contribution in [0.25, 0.3) is 0 Å². The molecule has 3 aromatic carbocycles. The number of β-amino-alcohol motifs (C(OH)–C–C–N with tert-alkyl or cyclic N) is 1. The third-order valence-corrected chi connectivity index (χ3v) is 6.81. The molecular weight excluding hydrogens is 388 g/mol. The van der Waals surface area contributed by atoms with Crippen molar-refractivity contribution in [3.63, 3.8) is 0 Å². The second kappa shape index (κ2) is 10.8. The molecular formula is C26H30N2OS. The maximum absolute atomic E-state index is 10.5. The number of thioether (sulfide) groups is 1. The van der Waals surface area contributed by atoms with Crippen molar-refractivity contribution in [2.75, 3.05) is 38.5 Å². The van der Waals surface area contributed by atoms with Gasteiger partial charge in [0.1, 0.15) is 0 Å². The van der Waals surface area contributed by atoms with E-state index in [1.807, 2.05) is 18.2 Å². The van der Waals surface area contributed by atoms with Gasteiger partial charge < -0.3 is 5.11 Å². The van der Waals surface area contributed by atoms with E-state index in [1.54, 1.807) is 11.8 Å². The monoisotopic (exact) mass is 418 g/mol. The highest BCUT2D eigenvalue weighted by Gasteiger charge is 2.27. The summed E-state index contributed by atoms with van der Waals surface area (Å²) in [5.74, 6) is 0.737. The number of rotatable bonds is 8. The van der Waals surface area contributed by atoms with Crippen molar-refractivity contribution < 1.29 is 5.11 Å². The van der Waals surface area contributed by atoms with Gasteiger partial charge in [-0.1, -0.05) is 78.9 Å². The number of hydrogen-bond donors (Lipinski definition) is 1. The highest BCUT2D eigenvalue weighted by atomic mass is 32.2. The van der Waals surface area contributed by atoms with E-state index in [0.717, 1.165) is 38.5 Å². The molecule has 1 aliphatic heterocycles. The third-order valence-electron chi connectivity index (χ3n) is 5.66. The SMILES string of the molecule is O[C@@H](CSc1ccccc1)CN1CCN(C(c2ccccc2)c2ccccc2)CC1. The molecule has 3 nitrogen and oxygen atoms in total. The topological polar surface area (TPSA) is 26.7 Å². The van der Waals surface area contributed by atoms with Crippen LogP contribution in [0.2, 0.25) is 0 Å². The van der Waals surface area contributed by atoms with Crippen LogP contribution >= 0.6 is 11.8 Å². The summed E-state index contributed by atoms with van der Waals surface area (Å²) in [6.07, 6.45) is -0.305. The zero-order valence-corrected chi connectivity index (χ0v) is 18.1. The largest absolute Gasteiger partial charge is 0.391 e. The first-order valence-electron chi connectivity index (χ1n) is 10.7. The predicted octanol–water partition coefficient (Wildman–Crippen LogP) is 4.55. The van der Waals surface area contributed by atoms with Crippen LogP contribution in [-0.4, -0.2) is 59.5 Å². The molecule has 0 amide bonds. The molecule has 4 heteroatoms. The Morgan fingerprint density at radius 1 is 0.700 bits per heavy atom. The smallest absolute Gasteiger partial charge is 0.0760 e. The minimum atomic E-state index is -0.305. The molecule has 30 heavy (non-hydrogen) atoms. The molecule has 0 aliphatic carbocycles. The van der Waals surface area contributed by atoms with Crippen LogP contribution in [0.5, 0.6) is 0 Å². The lowest BCUT2D eigenvalue weighted by atomic mass is 9.96. The number of hydrogen-bond acceptors (Lipinski definition) is 4. The van der Waals surface area contributed by atoms with Crippen molar-refractivity contribution in [3.05, 3.63) is 102 Å². The Balaban J connectivity index is 1.33. The average Bonchev–Trinajstić information content (AvgIpc) is 2.81. The second-order valence-electron chi connectivity index (χ2n) is 7.84. The Labute approximate surface area is 184 Å². The van der Waals surface area contributed by atoms with Crippen LogP contribution in [0.15, 0.2) is 95.9 Å². The summed E-state index contributed by atoms with van der Waals surface area (Å²) in [4.78, 5) is 6.20. The van der Waals surface area contributed by atoms with E-state index < -0.39 is 0 Å². The first-order valence-corrected chi connectivity index (χ1v) is 11.7. The lowest BCUT2D eigenvalue weighted by molar-refractivity contribution is 0.0708. The minimum absolute atomic E-state index is 0.285. The van der Waals surface area contributed by atoms with Crippen LogP contribution in [0.3, 0.4) is 0 Å². The Bertz CT molecular complexity index is 828. The van der Waals surface area contributed by atoms with Gasteiger partial charge in [-0.05, 0) is 23.3 Å². The minimum Gasteiger partial charge on any atom is -0.391 e. The van der Waals surface area contributed by atoms with Gasteiger partial charge in [0.15, 0.2) is 0 Å². The molecule has 3 aromatic rings. The van der Waals surface area contributed by atoms with E-state index in [4.69, 9.17) is 0 Å². The second-order valence-corrected chi connectivity index (χ2v) is 8.93. The molecule has 0 bridgehead atoms. The Morgan fingerprint density at radius 3 is 1.73 bits per heavy atom. The first kappa shape index (κ1) is 21.1. The Kier molecular flexibility index (Phi) is 7.59. The number of aliphatic hydroxyl groups is 1. The van der Waals surface area contributed by atoms with Crippen molar-refractivity contribution in [1.29, 1.82) is 0 Å². The van der Waals surface area contributed by atoms with E-state index in [1.165, 1.54) is 16.0 Å². The standard InChI is InChI=1S/C26H30N2OS/c29-24(21-30-25-14-8-3-9-15-25)20-27-16-18-28(19-17-27)26(22-10-4-1-5-11-22)23-12-6-2-7-13-23/h1-15,24,26,29H,16-21H2/t24-/m1/s1. The van der Waals surface area contributed by atoms with Crippen molar-refractivity contribution >= 4 is 11.8 Å². The van der Waals surface area contributed by atoms with Crippen LogP contribution < -0.4 is 0 Å². The molecule has 0 radical (unpaired) electrons. The van der Waals surface area contributed by atoms with Gasteiger partial charge in [-0.2, -0.15) is 0 Å². The molecule has 1 aliphatic rings. The van der Waals surface area contributed by atoms with Crippen LogP contribution in [0.4, 0.5) is 0 Å². The normalized spacial score (nSPS) is 16.6. The van der Waals surface area contributed by atoms with E-state index >= 15 is 0 Å². The highest BCUT2D eigenvalue weighted by Crippen LogP contribution is 2.29. The molecule has 1 saturated heterocycles. The summed E-state index contributed by atoms with van der Waals surface area (Å²) in [6.45, 7) is 4.74. The summed E-state index contributed by atoms with van der Waals surface area (Å²) < 4.78 is 0. The zero-order chi connectivity index (χ0) is 20.6. The van der Waals surface area contributed by atoms with E-state index in [-0.39, 0.29) is 12.1 Å². The maximum atomic E-state index is 10.5. The van der Waals surface area contributed by atoms with E-state index in [2.05, 4.69) is 82.6 Å². The molecule has 1 N–H and O–H groups in total. The molecule has 1 heterocycles. The van der Waals surface area contributed by atoms with Gasteiger partial charge >= 0.3 is 0 Å². The lowest BCUT2D eigenvalue weighted by Gasteiger charge is -2.40. The highest BCUT2D eigenvalue weighted by molar-refractivity contribution is 7.99. The number of aliphatic hydroxyl groups excluding tert-OH is 1. The van der Waals surface area contributed by atoms with Crippen molar-refractivity contribution in [1.82, 2.24) is 9.80 Å². The first-order chi connectivity index (χ1) is 14.8. The molecule has 1 atom stereocenters. The van der Waals surface area contributed by atoms with E-state index in [9.17, 15) is 5.11 Å². The molecule has 4 rings (SSSR count). The summed E-state index contributed by atoms with van der Waals surface area (Å²) >= 11 is 1.73. The fourth-order valence-electron chi connectivity index (χ4n) is 4.15. The third kappa shape index (κ3) is 5.73. The lowest BCUT2D eigenvalue weighted by Crippen LogP contribution is -2.49. The van der Waals surface area contributed by atoms with Crippen LogP contribution in [-0.2, 0) is 0 Å². The quantitative estimate of drug-likeness (QED) is 0.543. The summed E-state index contributed by atoms with van der Waals surface area (Å²) in [5.41, 5.74) is 2.69. The fraction of sp³-hybridized carbons (Fsp3) is 0.308. The van der Waals surface area contributed by atoms with Gasteiger partial charge in [0, 0.05) is 43.4 Å². The predicted molar refractivity (Wildman–Crippen MR) is 126 cm³/mol. The van der Waals surface area contributed by atoms with Crippen LogP contribution in [0.1, 0.15) is 17.2 Å². The van der Waals surface area contributed by atoms with Crippen molar-refractivity contribution in [3.8, 4) is 0 Å². The van der Waals surface area contributed by atoms with Crippen LogP contribution in [0, 0.1) is 0 Å². The Morgan fingerprint density at radius 2 is 1.20 bits per heavy atom. The van der Waals surface area contributed by atoms with Gasteiger partial charge in [-0.3, -0.25) is 9.80 Å². The van der Waals surface area contributed by atoms with Gasteiger partial charge in [0.2, 0.25) is 0 Å². The molecule has 156 valence electrons. The molecule has 0 unspecified atom stereocenters. The van der Waals surface area contributed by atoms with E-state index in [0.29, 0.717) is 0 Å². The van der Waals surface area contributed by atoms with Crippen molar-refractivity contribution in [2.45, 2.75) is 17.0 Å². The molecule has 0 spiro atoms. The van der Waals surface area contributed by atoms with Crippen molar-refractivity contribution in [2.24, 2.45) is 0 Å². The number of benzene rings is 3. The molecule has 1 fully saturated rings. The van der Waals surface area contributed by atoms with Gasteiger partial charge in [-0.15, -0.1) is 11.8 Å². The summed E-state index contributed by atoms with van der Waals surface area (Å²) in [6, 6.07) is 32.2. The van der Waals surface area contributed by atoms with Gasteiger partial charge in [-0.25, -0.2) is 0 Å². The molecule has 0 saturated carbocycles.